The molecule has 1 heterocycles. The lowest BCUT2D eigenvalue weighted by Gasteiger charge is -2.15. The van der Waals surface area contributed by atoms with E-state index < -0.39 is 0 Å². The van der Waals surface area contributed by atoms with Crippen molar-refractivity contribution in [2.75, 3.05) is 18.6 Å². The van der Waals surface area contributed by atoms with E-state index in [2.05, 4.69) is 10.4 Å². The molecular weight excluding hydrogens is 128 g/mol. The Balaban J connectivity index is 2.50. The first-order valence-electron chi connectivity index (χ1n) is 3.12. The summed E-state index contributed by atoms with van der Waals surface area (Å²) in [5, 5.41) is 0. The van der Waals surface area contributed by atoms with Gasteiger partial charge in [0.1, 0.15) is 0 Å². The fourth-order valence-electron chi connectivity index (χ4n) is 0.781. The molecule has 0 radical (unpaired) electrons. The normalized spacial score (nSPS) is 9.80. The standard InChI is InChI=1S/C6H12N4/c1-10(5-9-7)6-2-3-8-4-6/h2-4,8-9H,5,7H2,1H3. The predicted octanol–water partition coefficient (Wildman–Crippen LogP) is -0.128. The van der Waals surface area contributed by atoms with Crippen molar-refractivity contribution in [3.63, 3.8) is 0 Å². The third-order valence-corrected chi connectivity index (χ3v) is 1.35. The molecule has 1 rings (SSSR count). The lowest BCUT2D eigenvalue weighted by atomic mass is 10.5. The molecule has 56 valence electrons. The van der Waals surface area contributed by atoms with E-state index in [9.17, 15) is 0 Å². The van der Waals surface area contributed by atoms with Crippen LogP contribution in [0.5, 0.6) is 0 Å². The zero-order valence-electron chi connectivity index (χ0n) is 5.96. The number of hydrazine groups is 1. The van der Waals surface area contributed by atoms with Crippen LogP contribution in [0.4, 0.5) is 5.69 Å². The number of rotatable bonds is 3. The molecule has 0 bridgehead atoms. The van der Waals surface area contributed by atoms with Crippen LogP contribution in [-0.2, 0) is 0 Å². The van der Waals surface area contributed by atoms with E-state index in [-0.39, 0.29) is 0 Å². The smallest absolute Gasteiger partial charge is 0.0805 e. The van der Waals surface area contributed by atoms with Crippen LogP contribution in [0, 0.1) is 0 Å². The Hall–Kier alpha value is -1.00. The minimum atomic E-state index is 0.651. The number of H-pyrrole nitrogens is 1. The molecule has 4 heteroatoms. The van der Waals surface area contributed by atoms with E-state index >= 15 is 0 Å². The number of nitrogens with one attached hydrogen (secondary N) is 2. The van der Waals surface area contributed by atoms with Gasteiger partial charge in [0.05, 0.1) is 12.4 Å². The van der Waals surface area contributed by atoms with Gasteiger partial charge in [-0.15, -0.1) is 0 Å². The monoisotopic (exact) mass is 140 g/mol. The molecule has 0 aliphatic carbocycles. The van der Waals surface area contributed by atoms with Gasteiger partial charge >= 0.3 is 0 Å². The highest BCUT2D eigenvalue weighted by atomic mass is 15.3. The van der Waals surface area contributed by atoms with Gasteiger partial charge < -0.3 is 9.88 Å². The van der Waals surface area contributed by atoms with Crippen LogP contribution in [0.3, 0.4) is 0 Å². The maximum atomic E-state index is 5.13. The van der Waals surface area contributed by atoms with Gasteiger partial charge in [0.25, 0.3) is 0 Å². The quantitative estimate of drug-likeness (QED) is 0.311. The summed E-state index contributed by atoms with van der Waals surface area (Å²) in [5.74, 6) is 5.13. The fraction of sp³-hybridized carbons (Fsp3) is 0.333. The SMILES string of the molecule is CN(CNN)c1cc[nH]c1. The summed E-state index contributed by atoms with van der Waals surface area (Å²) in [7, 11) is 1.96. The lowest BCUT2D eigenvalue weighted by molar-refractivity contribution is 0.718. The molecule has 0 spiro atoms. The number of hydrogen-bond acceptors (Lipinski definition) is 3. The number of hydrogen-bond donors (Lipinski definition) is 3. The number of anilines is 1. The number of nitrogens with zero attached hydrogens (tertiary/aromatic N) is 1. The second-order valence-corrected chi connectivity index (χ2v) is 2.13. The largest absolute Gasteiger partial charge is 0.366 e. The average Bonchev–Trinajstić information content (AvgIpc) is 2.38. The van der Waals surface area contributed by atoms with Gasteiger partial charge in [0, 0.05) is 19.4 Å². The van der Waals surface area contributed by atoms with Crippen molar-refractivity contribution in [1.82, 2.24) is 10.4 Å². The van der Waals surface area contributed by atoms with Gasteiger partial charge in [0.15, 0.2) is 0 Å². The van der Waals surface area contributed by atoms with E-state index in [1.165, 1.54) is 0 Å². The van der Waals surface area contributed by atoms with Crippen molar-refractivity contribution in [3.05, 3.63) is 18.5 Å². The predicted molar refractivity (Wildman–Crippen MR) is 41.4 cm³/mol. The van der Waals surface area contributed by atoms with Crippen molar-refractivity contribution in [1.29, 1.82) is 0 Å². The molecule has 1 aromatic rings. The summed E-state index contributed by atoms with van der Waals surface area (Å²) >= 11 is 0. The van der Waals surface area contributed by atoms with Gasteiger partial charge in [-0.1, -0.05) is 0 Å². The number of aromatic amines is 1. The zero-order chi connectivity index (χ0) is 7.40. The third-order valence-electron chi connectivity index (χ3n) is 1.35. The van der Waals surface area contributed by atoms with Crippen LogP contribution < -0.4 is 16.2 Å². The Morgan fingerprint density at radius 2 is 2.60 bits per heavy atom. The second kappa shape index (κ2) is 3.24. The number of aromatic nitrogens is 1. The average molecular weight is 140 g/mol. The first kappa shape index (κ1) is 7.11. The van der Waals surface area contributed by atoms with Crippen molar-refractivity contribution < 1.29 is 0 Å². The molecule has 0 aliphatic heterocycles. The Morgan fingerprint density at radius 1 is 1.80 bits per heavy atom. The fourth-order valence-corrected chi connectivity index (χ4v) is 0.781. The molecule has 0 aromatic carbocycles. The molecule has 0 saturated heterocycles. The Morgan fingerprint density at radius 3 is 3.10 bits per heavy atom. The van der Waals surface area contributed by atoms with Crippen LogP contribution in [0.25, 0.3) is 0 Å². The Bertz CT molecular complexity index is 170. The summed E-state index contributed by atoms with van der Waals surface area (Å²) in [6.45, 7) is 0.651. The second-order valence-electron chi connectivity index (χ2n) is 2.13. The van der Waals surface area contributed by atoms with Crippen molar-refractivity contribution in [2.24, 2.45) is 5.84 Å². The zero-order valence-corrected chi connectivity index (χ0v) is 5.96. The van der Waals surface area contributed by atoms with Crippen LogP contribution in [0.2, 0.25) is 0 Å². The highest BCUT2D eigenvalue weighted by Crippen LogP contribution is 2.07. The molecule has 0 amide bonds. The highest BCUT2D eigenvalue weighted by molar-refractivity contribution is 5.42. The molecule has 4 N–H and O–H groups in total. The molecule has 10 heavy (non-hydrogen) atoms. The molecule has 0 atom stereocenters. The lowest BCUT2D eigenvalue weighted by Crippen LogP contribution is -2.35. The van der Waals surface area contributed by atoms with E-state index in [4.69, 9.17) is 5.84 Å². The van der Waals surface area contributed by atoms with Crippen LogP contribution >= 0.6 is 0 Å². The molecule has 4 nitrogen and oxygen atoms in total. The molecule has 0 unspecified atom stereocenters. The van der Waals surface area contributed by atoms with Crippen molar-refractivity contribution in [3.8, 4) is 0 Å². The van der Waals surface area contributed by atoms with E-state index in [1.807, 2.05) is 30.4 Å². The molecule has 0 saturated carbocycles. The molecule has 0 aliphatic rings. The highest BCUT2D eigenvalue weighted by Gasteiger charge is 1.96. The summed E-state index contributed by atoms with van der Waals surface area (Å²) in [4.78, 5) is 4.96. The van der Waals surface area contributed by atoms with Crippen LogP contribution in [0.15, 0.2) is 18.5 Å². The van der Waals surface area contributed by atoms with Gasteiger partial charge in [-0.2, -0.15) is 0 Å². The summed E-state index contributed by atoms with van der Waals surface area (Å²) in [6, 6.07) is 1.98. The molecule has 1 aromatic heterocycles. The van der Waals surface area contributed by atoms with E-state index in [0.29, 0.717) is 6.67 Å². The maximum absolute atomic E-state index is 5.13. The number of nitrogens with two attached hydrogens (primary N) is 1. The Kier molecular flexibility index (Phi) is 2.30. The molecule has 0 fully saturated rings. The minimum Gasteiger partial charge on any atom is -0.366 e. The Labute approximate surface area is 60.0 Å². The van der Waals surface area contributed by atoms with Gasteiger partial charge in [-0.05, 0) is 6.07 Å². The third kappa shape index (κ3) is 1.49. The van der Waals surface area contributed by atoms with Gasteiger partial charge in [0.2, 0.25) is 0 Å². The van der Waals surface area contributed by atoms with E-state index in [1.54, 1.807) is 0 Å². The van der Waals surface area contributed by atoms with Crippen LogP contribution in [-0.4, -0.2) is 18.7 Å². The van der Waals surface area contributed by atoms with Crippen LogP contribution in [0.1, 0.15) is 0 Å². The first-order valence-corrected chi connectivity index (χ1v) is 3.12. The minimum absolute atomic E-state index is 0.651. The van der Waals surface area contributed by atoms with Crippen molar-refractivity contribution >= 4 is 5.69 Å². The summed E-state index contributed by atoms with van der Waals surface area (Å²) < 4.78 is 0. The maximum Gasteiger partial charge on any atom is 0.0805 e. The first-order chi connectivity index (χ1) is 4.84. The van der Waals surface area contributed by atoms with Gasteiger partial charge in [-0.3, -0.25) is 5.84 Å². The van der Waals surface area contributed by atoms with E-state index in [0.717, 1.165) is 5.69 Å². The topological polar surface area (TPSA) is 57.1 Å². The summed E-state index contributed by atoms with van der Waals surface area (Å²) in [5.41, 5.74) is 3.69. The summed E-state index contributed by atoms with van der Waals surface area (Å²) in [6.07, 6.45) is 3.79. The molecular formula is C6H12N4. The van der Waals surface area contributed by atoms with Gasteiger partial charge in [-0.25, -0.2) is 5.43 Å². The van der Waals surface area contributed by atoms with Crippen molar-refractivity contribution in [2.45, 2.75) is 0 Å².